The lowest BCUT2D eigenvalue weighted by atomic mass is 9.86. The zero-order chi connectivity index (χ0) is 13.1. The molecule has 2 N–H and O–H groups in total. The third kappa shape index (κ3) is 4.18. The molecule has 1 atom stereocenters. The second-order valence-electron chi connectivity index (χ2n) is 5.33. The number of rotatable bonds is 3. The predicted octanol–water partition coefficient (Wildman–Crippen LogP) is -0.0936. The standard InChI is InChI=1S/C11H23N3O2/c1-11(2,3)9(12)10(16)14(6)7-8(15)13(4)5/h9H,7,12H2,1-6H3/t9-/m0/s1. The van der Waals surface area contributed by atoms with Crippen LogP contribution in [0.1, 0.15) is 20.8 Å². The quantitative estimate of drug-likeness (QED) is 0.735. The van der Waals surface area contributed by atoms with Crippen LogP contribution >= 0.6 is 0 Å². The Balaban J connectivity index is 4.46. The third-order valence-electron chi connectivity index (χ3n) is 2.45. The molecule has 0 aliphatic rings. The van der Waals surface area contributed by atoms with Gasteiger partial charge in [0.25, 0.3) is 0 Å². The zero-order valence-electron chi connectivity index (χ0n) is 11.1. The number of carbonyl (C=O) groups is 2. The van der Waals surface area contributed by atoms with Crippen LogP contribution in [-0.4, -0.2) is 55.3 Å². The van der Waals surface area contributed by atoms with Gasteiger partial charge < -0.3 is 15.5 Å². The number of amides is 2. The fourth-order valence-electron chi connectivity index (χ4n) is 1.03. The molecule has 0 aliphatic heterocycles. The first-order valence-corrected chi connectivity index (χ1v) is 5.28. The Labute approximate surface area is 97.6 Å². The SMILES string of the molecule is CN(C)C(=O)CN(C)C(=O)[C@H](N)C(C)(C)C. The van der Waals surface area contributed by atoms with E-state index >= 15 is 0 Å². The summed E-state index contributed by atoms with van der Waals surface area (Å²) >= 11 is 0. The summed E-state index contributed by atoms with van der Waals surface area (Å²) < 4.78 is 0. The van der Waals surface area contributed by atoms with Gasteiger partial charge in [-0.1, -0.05) is 20.8 Å². The summed E-state index contributed by atoms with van der Waals surface area (Å²) in [6, 6.07) is -0.590. The summed E-state index contributed by atoms with van der Waals surface area (Å²) in [5, 5.41) is 0. The lowest BCUT2D eigenvalue weighted by Crippen LogP contribution is -2.51. The Hall–Kier alpha value is -1.10. The van der Waals surface area contributed by atoms with Gasteiger partial charge >= 0.3 is 0 Å². The van der Waals surface area contributed by atoms with Crippen molar-refractivity contribution in [3.05, 3.63) is 0 Å². The van der Waals surface area contributed by atoms with E-state index in [9.17, 15) is 9.59 Å². The molecule has 94 valence electrons. The van der Waals surface area contributed by atoms with Gasteiger partial charge in [0.05, 0.1) is 12.6 Å². The second-order valence-corrected chi connectivity index (χ2v) is 5.33. The molecule has 0 fully saturated rings. The van der Waals surface area contributed by atoms with Crippen LogP contribution in [0, 0.1) is 5.41 Å². The summed E-state index contributed by atoms with van der Waals surface area (Å²) in [5.74, 6) is -0.320. The van der Waals surface area contributed by atoms with Gasteiger partial charge in [0.2, 0.25) is 11.8 Å². The fraction of sp³-hybridized carbons (Fsp3) is 0.818. The van der Waals surface area contributed by atoms with Gasteiger partial charge in [-0.3, -0.25) is 9.59 Å². The first-order valence-electron chi connectivity index (χ1n) is 5.28. The van der Waals surface area contributed by atoms with Crippen molar-refractivity contribution in [1.29, 1.82) is 0 Å². The van der Waals surface area contributed by atoms with Crippen LogP contribution < -0.4 is 5.73 Å². The van der Waals surface area contributed by atoms with E-state index in [0.717, 1.165) is 0 Å². The molecule has 0 aliphatic carbocycles. The average molecular weight is 229 g/mol. The molecule has 0 unspecified atom stereocenters. The van der Waals surface area contributed by atoms with Crippen molar-refractivity contribution in [1.82, 2.24) is 9.80 Å². The van der Waals surface area contributed by atoms with Gasteiger partial charge in [0.15, 0.2) is 0 Å². The molecule has 16 heavy (non-hydrogen) atoms. The summed E-state index contributed by atoms with van der Waals surface area (Å²) in [4.78, 5) is 26.1. The molecule has 0 saturated carbocycles. The van der Waals surface area contributed by atoms with E-state index in [1.54, 1.807) is 21.1 Å². The van der Waals surface area contributed by atoms with E-state index in [1.165, 1.54) is 9.80 Å². The van der Waals surface area contributed by atoms with Crippen LogP contribution in [-0.2, 0) is 9.59 Å². The number of hydrogen-bond donors (Lipinski definition) is 1. The van der Waals surface area contributed by atoms with E-state index < -0.39 is 6.04 Å². The maximum Gasteiger partial charge on any atom is 0.241 e. The third-order valence-corrected chi connectivity index (χ3v) is 2.45. The van der Waals surface area contributed by atoms with Gasteiger partial charge in [-0.25, -0.2) is 0 Å². The van der Waals surface area contributed by atoms with Crippen molar-refractivity contribution >= 4 is 11.8 Å². The van der Waals surface area contributed by atoms with E-state index in [4.69, 9.17) is 5.73 Å². The van der Waals surface area contributed by atoms with Gasteiger partial charge in [0.1, 0.15) is 0 Å². The normalized spacial score (nSPS) is 13.2. The molecule has 5 heteroatoms. The summed E-state index contributed by atoms with van der Waals surface area (Å²) in [5.41, 5.74) is 5.53. The van der Waals surface area contributed by atoms with Crippen LogP contribution in [0.3, 0.4) is 0 Å². The average Bonchev–Trinajstić information content (AvgIpc) is 2.13. The Morgan fingerprint density at radius 1 is 1.19 bits per heavy atom. The molecule has 2 amide bonds. The Morgan fingerprint density at radius 3 is 1.94 bits per heavy atom. The first-order chi connectivity index (χ1) is 7.07. The molecule has 0 saturated heterocycles. The fourth-order valence-corrected chi connectivity index (χ4v) is 1.03. The van der Waals surface area contributed by atoms with Crippen molar-refractivity contribution in [3.63, 3.8) is 0 Å². The molecule has 5 nitrogen and oxygen atoms in total. The summed E-state index contributed by atoms with van der Waals surface area (Å²) in [6.45, 7) is 5.77. The highest BCUT2D eigenvalue weighted by Gasteiger charge is 2.30. The van der Waals surface area contributed by atoms with Crippen molar-refractivity contribution in [2.24, 2.45) is 11.1 Å². The maximum atomic E-state index is 11.9. The van der Waals surface area contributed by atoms with Gasteiger partial charge in [0, 0.05) is 21.1 Å². The lowest BCUT2D eigenvalue weighted by molar-refractivity contribution is -0.140. The molecule has 0 aromatic carbocycles. The summed E-state index contributed by atoms with van der Waals surface area (Å²) in [6.07, 6.45) is 0. The molecule has 0 heterocycles. The Morgan fingerprint density at radius 2 is 1.62 bits per heavy atom. The van der Waals surface area contributed by atoms with Crippen molar-refractivity contribution in [2.75, 3.05) is 27.7 Å². The molecule has 0 spiro atoms. The number of nitrogens with zero attached hydrogens (tertiary/aromatic N) is 2. The lowest BCUT2D eigenvalue weighted by Gasteiger charge is -2.30. The minimum Gasteiger partial charge on any atom is -0.347 e. The highest BCUT2D eigenvalue weighted by atomic mass is 16.2. The molecular weight excluding hydrogens is 206 g/mol. The predicted molar refractivity (Wildman–Crippen MR) is 63.8 cm³/mol. The molecule has 0 aromatic heterocycles. The zero-order valence-corrected chi connectivity index (χ0v) is 11.1. The topological polar surface area (TPSA) is 66.6 Å². The maximum absolute atomic E-state index is 11.9. The van der Waals surface area contributed by atoms with Gasteiger partial charge in [-0.15, -0.1) is 0 Å². The number of likely N-dealkylation sites (N-methyl/N-ethyl adjacent to an activating group) is 2. The van der Waals surface area contributed by atoms with E-state index in [-0.39, 0.29) is 23.8 Å². The van der Waals surface area contributed by atoms with Crippen LogP contribution in [0.25, 0.3) is 0 Å². The first kappa shape index (κ1) is 14.9. The van der Waals surface area contributed by atoms with Crippen molar-refractivity contribution in [2.45, 2.75) is 26.8 Å². The largest absolute Gasteiger partial charge is 0.347 e. The summed E-state index contributed by atoms with van der Waals surface area (Å²) in [7, 11) is 4.91. The Kier molecular flexibility index (Phi) is 4.93. The van der Waals surface area contributed by atoms with Crippen molar-refractivity contribution < 1.29 is 9.59 Å². The second kappa shape index (κ2) is 5.30. The van der Waals surface area contributed by atoms with Crippen LogP contribution in [0.2, 0.25) is 0 Å². The Bertz CT molecular complexity index is 269. The number of carbonyl (C=O) groups excluding carboxylic acids is 2. The smallest absolute Gasteiger partial charge is 0.241 e. The molecular formula is C11H23N3O2. The highest BCUT2D eigenvalue weighted by molar-refractivity contribution is 5.87. The molecule has 0 radical (unpaired) electrons. The highest BCUT2D eigenvalue weighted by Crippen LogP contribution is 2.18. The van der Waals surface area contributed by atoms with Crippen LogP contribution in [0.4, 0.5) is 0 Å². The van der Waals surface area contributed by atoms with E-state index in [1.807, 2.05) is 20.8 Å². The van der Waals surface area contributed by atoms with E-state index in [2.05, 4.69) is 0 Å². The van der Waals surface area contributed by atoms with Crippen LogP contribution in [0.5, 0.6) is 0 Å². The molecule has 0 aromatic rings. The minimum atomic E-state index is -0.590. The van der Waals surface area contributed by atoms with Crippen molar-refractivity contribution in [3.8, 4) is 0 Å². The number of nitrogens with two attached hydrogens (primary N) is 1. The van der Waals surface area contributed by atoms with Gasteiger partial charge in [-0.05, 0) is 5.41 Å². The van der Waals surface area contributed by atoms with E-state index in [0.29, 0.717) is 0 Å². The molecule has 0 rings (SSSR count). The molecule has 0 bridgehead atoms. The van der Waals surface area contributed by atoms with Gasteiger partial charge in [-0.2, -0.15) is 0 Å². The minimum absolute atomic E-state index is 0.0651. The van der Waals surface area contributed by atoms with Crippen LogP contribution in [0.15, 0.2) is 0 Å². The monoisotopic (exact) mass is 229 g/mol. The number of hydrogen-bond acceptors (Lipinski definition) is 3.